The molecule has 1 amide bonds. The van der Waals surface area contributed by atoms with Crippen LogP contribution in [0.25, 0.3) is 0 Å². The van der Waals surface area contributed by atoms with Gasteiger partial charge in [0.1, 0.15) is 0 Å². The highest BCUT2D eigenvalue weighted by Gasteiger charge is 2.07. The summed E-state index contributed by atoms with van der Waals surface area (Å²) in [6.45, 7) is 3.89. The number of hydrogen-bond acceptors (Lipinski definition) is 2. The van der Waals surface area contributed by atoms with Gasteiger partial charge in [-0.2, -0.15) is 0 Å². The minimum atomic E-state index is -0.609. The number of carbonyl (C=O) groups excluding carboxylic acids is 1. The predicted octanol–water partition coefficient (Wildman–Crippen LogP) is 1.53. The lowest BCUT2D eigenvalue weighted by Crippen LogP contribution is -2.28. The van der Waals surface area contributed by atoms with Gasteiger partial charge in [0.05, 0.1) is 0 Å². The van der Waals surface area contributed by atoms with Crippen LogP contribution in [0.3, 0.4) is 0 Å². The predicted molar refractivity (Wildman–Crippen MR) is 61.3 cm³/mol. The molecule has 0 aliphatic carbocycles. The van der Waals surface area contributed by atoms with Gasteiger partial charge < -0.3 is 11.1 Å². The number of rotatable bonds is 1. The number of thiocarbonyl (C=S) groups is 1. The summed E-state index contributed by atoms with van der Waals surface area (Å²) in [6, 6.07) is 5.83. The largest absolute Gasteiger partial charge is 0.364 e. The molecule has 0 spiro atoms. The van der Waals surface area contributed by atoms with Crippen LogP contribution in [0.4, 0.5) is 5.69 Å². The second kappa shape index (κ2) is 4.19. The van der Waals surface area contributed by atoms with Gasteiger partial charge >= 0.3 is 0 Å². The molecule has 0 unspecified atom stereocenters. The summed E-state index contributed by atoms with van der Waals surface area (Å²) >= 11 is 4.79. The van der Waals surface area contributed by atoms with Crippen molar-refractivity contribution in [1.82, 2.24) is 0 Å². The molecule has 0 saturated heterocycles. The summed E-state index contributed by atoms with van der Waals surface area (Å²) in [5.74, 6) is -0.609. The lowest BCUT2D eigenvalue weighted by molar-refractivity contribution is -0.111. The quantitative estimate of drug-likeness (QED) is 0.688. The van der Waals surface area contributed by atoms with Crippen LogP contribution in [-0.4, -0.2) is 10.9 Å². The van der Waals surface area contributed by atoms with Crippen LogP contribution in [0.15, 0.2) is 18.2 Å². The zero-order valence-electron chi connectivity index (χ0n) is 8.13. The maximum absolute atomic E-state index is 10.7. The minimum absolute atomic E-state index is 0.0439. The fourth-order valence-electron chi connectivity index (χ4n) is 1.19. The smallest absolute Gasteiger partial charge is 0.276 e. The third-order valence-electron chi connectivity index (χ3n) is 1.94. The van der Waals surface area contributed by atoms with Gasteiger partial charge in [-0.05, 0) is 25.0 Å². The van der Waals surface area contributed by atoms with Crippen LogP contribution in [0.2, 0.25) is 0 Å². The Morgan fingerprint density at radius 1 is 1.36 bits per heavy atom. The van der Waals surface area contributed by atoms with Gasteiger partial charge in [-0.1, -0.05) is 30.4 Å². The van der Waals surface area contributed by atoms with Crippen LogP contribution >= 0.6 is 12.2 Å². The fraction of sp³-hybridized carbons (Fsp3) is 0.200. The molecule has 0 saturated carbocycles. The topological polar surface area (TPSA) is 55.1 Å². The normalized spacial score (nSPS) is 9.57. The maximum Gasteiger partial charge on any atom is 0.276 e. The van der Waals surface area contributed by atoms with Crippen molar-refractivity contribution >= 4 is 28.8 Å². The number of nitrogens with two attached hydrogens (primary N) is 1. The molecule has 0 radical (unpaired) electrons. The lowest BCUT2D eigenvalue weighted by Gasteiger charge is -2.11. The third-order valence-corrected chi connectivity index (χ3v) is 2.25. The van der Waals surface area contributed by atoms with Gasteiger partial charge in [-0.3, -0.25) is 4.79 Å². The molecule has 0 atom stereocenters. The van der Waals surface area contributed by atoms with E-state index >= 15 is 0 Å². The molecule has 14 heavy (non-hydrogen) atoms. The Balaban J connectivity index is 2.97. The molecular weight excluding hydrogens is 196 g/mol. The van der Waals surface area contributed by atoms with E-state index < -0.39 is 5.91 Å². The van der Waals surface area contributed by atoms with Crippen LogP contribution in [0, 0.1) is 13.8 Å². The van der Waals surface area contributed by atoms with Crippen LogP contribution < -0.4 is 11.1 Å². The third kappa shape index (κ3) is 2.29. The van der Waals surface area contributed by atoms with E-state index in [-0.39, 0.29) is 4.99 Å². The Labute approximate surface area is 88.3 Å². The van der Waals surface area contributed by atoms with E-state index in [1.54, 1.807) is 0 Å². The number of anilines is 1. The summed E-state index contributed by atoms with van der Waals surface area (Å²) < 4.78 is 0. The highest BCUT2D eigenvalue weighted by molar-refractivity contribution is 7.82. The highest BCUT2D eigenvalue weighted by Crippen LogP contribution is 2.19. The van der Waals surface area contributed by atoms with Crippen molar-refractivity contribution in [2.45, 2.75) is 13.8 Å². The SMILES string of the molecule is Cc1cccc(C)c1NC(=S)C(N)=O. The zero-order valence-corrected chi connectivity index (χ0v) is 8.94. The highest BCUT2D eigenvalue weighted by atomic mass is 32.1. The molecule has 0 bridgehead atoms. The molecule has 1 rings (SSSR count). The van der Waals surface area contributed by atoms with Crippen LogP contribution in [0.1, 0.15) is 11.1 Å². The Kier molecular flexibility index (Phi) is 3.19. The monoisotopic (exact) mass is 208 g/mol. The summed E-state index contributed by atoms with van der Waals surface area (Å²) in [5.41, 5.74) is 7.97. The summed E-state index contributed by atoms with van der Waals surface area (Å²) in [4.78, 5) is 10.8. The number of amides is 1. The molecule has 74 valence electrons. The molecule has 1 aromatic carbocycles. The number of hydrogen-bond donors (Lipinski definition) is 2. The summed E-state index contributed by atoms with van der Waals surface area (Å²) in [7, 11) is 0. The summed E-state index contributed by atoms with van der Waals surface area (Å²) in [6.07, 6.45) is 0. The van der Waals surface area contributed by atoms with Gasteiger partial charge in [-0.25, -0.2) is 0 Å². The summed E-state index contributed by atoms with van der Waals surface area (Å²) in [5, 5.41) is 2.83. The molecule has 1 aromatic rings. The first kappa shape index (κ1) is 10.7. The first-order valence-corrected chi connectivity index (χ1v) is 4.60. The van der Waals surface area contributed by atoms with Crippen molar-refractivity contribution < 1.29 is 4.79 Å². The van der Waals surface area contributed by atoms with Crippen molar-refractivity contribution in [1.29, 1.82) is 0 Å². The molecule has 3 N–H and O–H groups in total. The number of nitrogens with one attached hydrogen (secondary N) is 1. The second-order valence-corrected chi connectivity index (χ2v) is 3.49. The number of para-hydroxylation sites is 1. The van der Waals surface area contributed by atoms with Gasteiger partial charge in [0.25, 0.3) is 5.91 Å². The van der Waals surface area contributed by atoms with E-state index in [1.807, 2.05) is 32.0 Å². The fourth-order valence-corrected chi connectivity index (χ4v) is 1.29. The van der Waals surface area contributed by atoms with Crippen molar-refractivity contribution in [3.05, 3.63) is 29.3 Å². The van der Waals surface area contributed by atoms with E-state index in [2.05, 4.69) is 5.32 Å². The molecule has 3 nitrogen and oxygen atoms in total. The second-order valence-electron chi connectivity index (χ2n) is 3.09. The molecule has 0 fully saturated rings. The Morgan fingerprint density at radius 2 is 1.86 bits per heavy atom. The van der Waals surface area contributed by atoms with E-state index in [9.17, 15) is 4.79 Å². The average molecular weight is 208 g/mol. The molecular formula is C10H12N2OS. The van der Waals surface area contributed by atoms with Crippen LogP contribution in [-0.2, 0) is 4.79 Å². The van der Waals surface area contributed by atoms with Gasteiger partial charge in [-0.15, -0.1) is 0 Å². The molecule has 0 heterocycles. The Morgan fingerprint density at radius 3 is 2.29 bits per heavy atom. The minimum Gasteiger partial charge on any atom is -0.364 e. The first-order valence-electron chi connectivity index (χ1n) is 4.19. The first-order chi connectivity index (χ1) is 6.52. The molecule has 0 aromatic heterocycles. The van der Waals surface area contributed by atoms with E-state index in [4.69, 9.17) is 18.0 Å². The number of benzene rings is 1. The van der Waals surface area contributed by atoms with Gasteiger partial charge in [0.2, 0.25) is 0 Å². The van der Waals surface area contributed by atoms with Gasteiger partial charge in [0, 0.05) is 5.69 Å². The average Bonchev–Trinajstić information content (AvgIpc) is 2.11. The van der Waals surface area contributed by atoms with Crippen molar-refractivity contribution in [3.8, 4) is 0 Å². The molecule has 0 aliphatic rings. The van der Waals surface area contributed by atoms with E-state index in [0.29, 0.717) is 0 Å². The Bertz CT molecular complexity index is 367. The maximum atomic E-state index is 10.7. The lowest BCUT2D eigenvalue weighted by atomic mass is 10.1. The molecule has 0 aliphatic heterocycles. The van der Waals surface area contributed by atoms with Gasteiger partial charge in [0.15, 0.2) is 4.99 Å². The van der Waals surface area contributed by atoms with Crippen molar-refractivity contribution in [2.75, 3.05) is 5.32 Å². The number of primary amides is 1. The Hall–Kier alpha value is -1.42. The standard InChI is InChI=1S/C10H12N2OS/c1-6-4-3-5-7(2)8(6)12-10(14)9(11)13/h3-5H,1-2H3,(H2,11,13)(H,12,14). The van der Waals surface area contributed by atoms with E-state index in [1.165, 1.54) is 0 Å². The molecule has 4 heteroatoms. The van der Waals surface area contributed by atoms with E-state index in [0.717, 1.165) is 16.8 Å². The number of aryl methyl sites for hydroxylation is 2. The van der Waals surface area contributed by atoms with Crippen LogP contribution in [0.5, 0.6) is 0 Å². The van der Waals surface area contributed by atoms with Crippen molar-refractivity contribution in [2.24, 2.45) is 5.73 Å². The van der Waals surface area contributed by atoms with Crippen molar-refractivity contribution in [3.63, 3.8) is 0 Å². The number of carbonyl (C=O) groups is 1. The zero-order chi connectivity index (χ0) is 10.7.